The van der Waals surface area contributed by atoms with E-state index in [2.05, 4.69) is 35.8 Å². The highest BCUT2D eigenvalue weighted by Crippen LogP contribution is 2.25. The van der Waals surface area contributed by atoms with Gasteiger partial charge >= 0.3 is 0 Å². The summed E-state index contributed by atoms with van der Waals surface area (Å²) in [6.07, 6.45) is 4.18. The molecular formula is C13H26N2S. The van der Waals surface area contributed by atoms with Crippen molar-refractivity contribution in [3.05, 3.63) is 0 Å². The van der Waals surface area contributed by atoms with Crippen LogP contribution in [0.4, 0.5) is 0 Å². The Hall–Kier alpha value is 0.270. The van der Waals surface area contributed by atoms with Gasteiger partial charge < -0.3 is 5.32 Å². The molecule has 0 bridgehead atoms. The summed E-state index contributed by atoms with van der Waals surface area (Å²) in [6.45, 7) is 8.44. The molecule has 16 heavy (non-hydrogen) atoms. The van der Waals surface area contributed by atoms with Gasteiger partial charge in [-0.2, -0.15) is 11.8 Å². The third-order valence-electron chi connectivity index (χ3n) is 4.03. The molecule has 0 amide bonds. The van der Waals surface area contributed by atoms with E-state index in [0.717, 1.165) is 12.0 Å². The minimum absolute atomic E-state index is 0.681. The van der Waals surface area contributed by atoms with Gasteiger partial charge in [0.25, 0.3) is 0 Å². The van der Waals surface area contributed by atoms with E-state index in [1.807, 2.05) is 0 Å². The molecule has 2 aliphatic rings. The van der Waals surface area contributed by atoms with Gasteiger partial charge in [0.05, 0.1) is 0 Å². The van der Waals surface area contributed by atoms with E-state index >= 15 is 0 Å². The van der Waals surface area contributed by atoms with Crippen LogP contribution < -0.4 is 5.32 Å². The molecule has 0 aliphatic carbocycles. The molecule has 0 aromatic rings. The van der Waals surface area contributed by atoms with E-state index in [0.29, 0.717) is 6.04 Å². The molecular weight excluding hydrogens is 216 g/mol. The average Bonchev–Trinajstić information content (AvgIpc) is 2.31. The third-order valence-corrected chi connectivity index (χ3v) is 5.08. The largest absolute Gasteiger partial charge is 0.311 e. The monoisotopic (exact) mass is 242 g/mol. The molecule has 3 heteroatoms. The fourth-order valence-electron chi connectivity index (χ4n) is 2.92. The number of rotatable bonds is 3. The molecule has 0 radical (unpaired) electrons. The first-order valence-electron chi connectivity index (χ1n) is 6.84. The van der Waals surface area contributed by atoms with Gasteiger partial charge in [0.1, 0.15) is 0 Å². The minimum atomic E-state index is 0.681. The smallest absolute Gasteiger partial charge is 0.0218 e. The van der Waals surface area contributed by atoms with Gasteiger partial charge in [-0.05, 0) is 43.6 Å². The topological polar surface area (TPSA) is 15.3 Å². The molecule has 2 aliphatic heterocycles. The van der Waals surface area contributed by atoms with Crippen molar-refractivity contribution in [2.75, 3.05) is 31.1 Å². The van der Waals surface area contributed by atoms with Crippen LogP contribution in [0.1, 0.15) is 33.1 Å². The maximum atomic E-state index is 3.60. The number of nitrogens with zero attached hydrogens (tertiary/aromatic N) is 1. The zero-order chi connectivity index (χ0) is 11.4. The zero-order valence-electron chi connectivity index (χ0n) is 10.7. The van der Waals surface area contributed by atoms with E-state index in [9.17, 15) is 0 Å². The second-order valence-electron chi connectivity index (χ2n) is 5.38. The maximum absolute atomic E-state index is 3.60. The van der Waals surface area contributed by atoms with Crippen molar-refractivity contribution >= 4 is 11.8 Å². The number of thioether (sulfide) groups is 1. The summed E-state index contributed by atoms with van der Waals surface area (Å²) in [6, 6.07) is 1.46. The lowest BCUT2D eigenvalue weighted by Gasteiger charge is -2.41. The lowest BCUT2D eigenvalue weighted by molar-refractivity contribution is 0.109. The molecule has 1 N–H and O–H groups in total. The Morgan fingerprint density at radius 1 is 1.31 bits per heavy atom. The Morgan fingerprint density at radius 3 is 2.75 bits per heavy atom. The highest BCUT2D eigenvalue weighted by molar-refractivity contribution is 7.99. The lowest BCUT2D eigenvalue weighted by Crippen LogP contribution is -2.56. The molecule has 2 nitrogen and oxygen atoms in total. The molecule has 0 spiro atoms. The first-order chi connectivity index (χ1) is 7.79. The number of nitrogens with one attached hydrogen (secondary N) is 1. The second kappa shape index (κ2) is 6.27. The van der Waals surface area contributed by atoms with Crippen LogP contribution in [0.2, 0.25) is 0 Å². The van der Waals surface area contributed by atoms with Crippen LogP contribution in [-0.2, 0) is 0 Å². The summed E-state index contributed by atoms with van der Waals surface area (Å²) < 4.78 is 0. The molecule has 94 valence electrons. The van der Waals surface area contributed by atoms with Crippen LogP contribution in [-0.4, -0.2) is 48.1 Å². The summed E-state index contributed by atoms with van der Waals surface area (Å²) >= 11 is 2.14. The summed E-state index contributed by atoms with van der Waals surface area (Å²) in [5.41, 5.74) is 0. The zero-order valence-corrected chi connectivity index (χ0v) is 11.6. The Labute approximate surface area is 105 Å². The van der Waals surface area contributed by atoms with Gasteiger partial charge in [0.2, 0.25) is 0 Å². The predicted molar refractivity (Wildman–Crippen MR) is 73.2 cm³/mol. The second-order valence-corrected chi connectivity index (χ2v) is 6.61. The summed E-state index contributed by atoms with van der Waals surface area (Å²) in [5.74, 6) is 3.76. The van der Waals surface area contributed by atoms with Crippen molar-refractivity contribution in [3.8, 4) is 0 Å². The van der Waals surface area contributed by atoms with E-state index < -0.39 is 0 Å². The molecule has 2 fully saturated rings. The Morgan fingerprint density at radius 2 is 2.06 bits per heavy atom. The SMILES string of the molecule is CCC1CNC(C)CN1CC1CCSCC1. The fraction of sp³-hybridized carbons (Fsp3) is 1.00. The van der Waals surface area contributed by atoms with Gasteiger partial charge in [-0.15, -0.1) is 0 Å². The maximum Gasteiger partial charge on any atom is 0.0218 e. The van der Waals surface area contributed by atoms with Gasteiger partial charge in [-0.1, -0.05) is 6.92 Å². The van der Waals surface area contributed by atoms with Crippen LogP contribution in [0.3, 0.4) is 0 Å². The lowest BCUT2D eigenvalue weighted by atomic mass is 9.99. The first kappa shape index (κ1) is 12.7. The molecule has 0 aromatic heterocycles. The standard InChI is InChI=1S/C13H26N2S/c1-3-13-8-14-11(2)9-15(13)10-12-4-6-16-7-5-12/h11-14H,3-10H2,1-2H3. The molecule has 0 aromatic carbocycles. The average molecular weight is 242 g/mol. The molecule has 2 heterocycles. The van der Waals surface area contributed by atoms with Crippen LogP contribution in [0.15, 0.2) is 0 Å². The number of hydrogen-bond acceptors (Lipinski definition) is 3. The van der Waals surface area contributed by atoms with Gasteiger partial charge in [0.15, 0.2) is 0 Å². The van der Waals surface area contributed by atoms with Crippen molar-refractivity contribution in [2.24, 2.45) is 5.92 Å². The Balaban J connectivity index is 1.84. The fourth-order valence-corrected chi connectivity index (χ4v) is 4.12. The van der Waals surface area contributed by atoms with Crippen LogP contribution in [0.5, 0.6) is 0 Å². The van der Waals surface area contributed by atoms with Crippen LogP contribution in [0, 0.1) is 5.92 Å². The molecule has 2 unspecified atom stereocenters. The molecule has 2 atom stereocenters. The number of piperazine rings is 1. The van der Waals surface area contributed by atoms with E-state index in [4.69, 9.17) is 0 Å². The summed E-state index contributed by atoms with van der Waals surface area (Å²) in [7, 11) is 0. The summed E-state index contributed by atoms with van der Waals surface area (Å²) in [5, 5.41) is 3.60. The highest BCUT2D eigenvalue weighted by atomic mass is 32.2. The van der Waals surface area contributed by atoms with Gasteiger partial charge in [-0.3, -0.25) is 4.90 Å². The van der Waals surface area contributed by atoms with Crippen LogP contribution >= 0.6 is 11.8 Å². The van der Waals surface area contributed by atoms with Crippen molar-refractivity contribution in [2.45, 2.75) is 45.2 Å². The van der Waals surface area contributed by atoms with Crippen molar-refractivity contribution in [1.82, 2.24) is 10.2 Å². The van der Waals surface area contributed by atoms with E-state index in [1.165, 1.54) is 50.4 Å². The Bertz CT molecular complexity index is 204. The van der Waals surface area contributed by atoms with Gasteiger partial charge in [-0.25, -0.2) is 0 Å². The minimum Gasteiger partial charge on any atom is -0.311 e. The van der Waals surface area contributed by atoms with Crippen LogP contribution in [0.25, 0.3) is 0 Å². The number of hydrogen-bond donors (Lipinski definition) is 1. The van der Waals surface area contributed by atoms with E-state index in [-0.39, 0.29) is 0 Å². The predicted octanol–water partition coefficient (Wildman–Crippen LogP) is 2.20. The quantitative estimate of drug-likeness (QED) is 0.817. The normalized spacial score (nSPS) is 34.1. The molecule has 0 saturated carbocycles. The first-order valence-corrected chi connectivity index (χ1v) is 8.00. The summed E-state index contributed by atoms with van der Waals surface area (Å²) in [4.78, 5) is 2.75. The van der Waals surface area contributed by atoms with Gasteiger partial charge in [0, 0.05) is 31.7 Å². The third kappa shape index (κ3) is 3.38. The van der Waals surface area contributed by atoms with Crippen molar-refractivity contribution in [1.29, 1.82) is 0 Å². The van der Waals surface area contributed by atoms with E-state index in [1.54, 1.807) is 0 Å². The molecule has 2 saturated heterocycles. The Kier molecular flexibility index (Phi) is 4.98. The van der Waals surface area contributed by atoms with Crippen molar-refractivity contribution < 1.29 is 0 Å². The highest BCUT2D eigenvalue weighted by Gasteiger charge is 2.27. The molecule has 2 rings (SSSR count). The van der Waals surface area contributed by atoms with Crippen molar-refractivity contribution in [3.63, 3.8) is 0 Å².